The van der Waals surface area contributed by atoms with Crippen LogP contribution in [0.4, 0.5) is 0 Å². The van der Waals surface area contributed by atoms with Crippen molar-refractivity contribution in [1.82, 2.24) is 0 Å². The maximum Gasteiger partial charge on any atom is 0.192 e. The van der Waals surface area contributed by atoms with Gasteiger partial charge in [-0.3, -0.25) is 4.79 Å². The first-order valence-electron chi connectivity index (χ1n) is 7.52. The zero-order valence-corrected chi connectivity index (χ0v) is 12.3. The zero-order valence-electron chi connectivity index (χ0n) is 12.3. The van der Waals surface area contributed by atoms with Crippen molar-refractivity contribution < 1.29 is 9.90 Å². The van der Waals surface area contributed by atoms with Gasteiger partial charge in [-0.15, -0.1) is 0 Å². The van der Waals surface area contributed by atoms with Crippen molar-refractivity contribution >= 4 is 27.3 Å². The molecule has 1 aliphatic rings. The van der Waals surface area contributed by atoms with Crippen molar-refractivity contribution in [2.75, 3.05) is 0 Å². The number of rotatable bonds is 0. The summed E-state index contributed by atoms with van der Waals surface area (Å²) in [5, 5.41) is 14.0. The summed E-state index contributed by atoms with van der Waals surface area (Å²) in [7, 11) is 0. The van der Waals surface area contributed by atoms with Gasteiger partial charge in [-0.1, -0.05) is 43.3 Å². The molecule has 0 heterocycles. The van der Waals surface area contributed by atoms with Crippen LogP contribution in [0, 0.1) is 0 Å². The van der Waals surface area contributed by atoms with Crippen LogP contribution >= 0.6 is 0 Å². The van der Waals surface area contributed by atoms with Gasteiger partial charge in [0.1, 0.15) is 0 Å². The zero-order chi connectivity index (χ0) is 15.3. The average Bonchev–Trinajstić information content (AvgIpc) is 2.56. The van der Waals surface area contributed by atoms with E-state index in [1.807, 2.05) is 18.2 Å². The molecule has 0 amide bonds. The van der Waals surface area contributed by atoms with E-state index in [0.717, 1.165) is 22.8 Å². The van der Waals surface area contributed by atoms with E-state index in [9.17, 15) is 9.90 Å². The largest absolute Gasteiger partial charge is 0.515 e. The molecule has 3 aromatic rings. The molecule has 0 aliphatic heterocycles. The van der Waals surface area contributed by atoms with E-state index in [1.165, 1.54) is 16.2 Å². The van der Waals surface area contributed by atoms with Gasteiger partial charge in [-0.05, 0) is 51.6 Å². The Morgan fingerprint density at radius 3 is 2.64 bits per heavy atom. The van der Waals surface area contributed by atoms with Gasteiger partial charge in [0.05, 0.1) is 6.26 Å². The monoisotopic (exact) mass is 288 g/mol. The van der Waals surface area contributed by atoms with Gasteiger partial charge in [0.25, 0.3) is 0 Å². The molecule has 1 aliphatic carbocycles. The fraction of sp³-hybridized carbons (Fsp3) is 0.150. The van der Waals surface area contributed by atoms with Crippen LogP contribution in [0.25, 0.3) is 21.5 Å². The Bertz CT molecular complexity index is 950. The number of ketones is 1. The smallest absolute Gasteiger partial charge is 0.192 e. The van der Waals surface area contributed by atoms with E-state index in [-0.39, 0.29) is 11.7 Å². The quantitative estimate of drug-likeness (QED) is 0.354. The molecule has 0 fully saturated rings. The van der Waals surface area contributed by atoms with Crippen molar-refractivity contribution in [2.24, 2.45) is 0 Å². The van der Waals surface area contributed by atoms with E-state index in [4.69, 9.17) is 0 Å². The van der Waals surface area contributed by atoms with Crippen molar-refractivity contribution in [2.45, 2.75) is 19.3 Å². The normalized spacial score (nSPS) is 19.8. The number of carbonyl (C=O) groups excluding carboxylic acids is 1. The molecule has 0 saturated heterocycles. The van der Waals surface area contributed by atoms with E-state index in [2.05, 4.69) is 37.3 Å². The van der Waals surface area contributed by atoms with Gasteiger partial charge in [-0.25, -0.2) is 0 Å². The fourth-order valence-electron chi connectivity index (χ4n) is 3.49. The number of hydrogen-bond acceptors (Lipinski definition) is 2. The van der Waals surface area contributed by atoms with Crippen LogP contribution in [0.5, 0.6) is 0 Å². The number of fused-ring (bicyclic) bond motifs is 4. The first-order valence-corrected chi connectivity index (χ1v) is 7.52. The maximum atomic E-state index is 12.5. The first-order chi connectivity index (χ1) is 10.7. The summed E-state index contributed by atoms with van der Waals surface area (Å²) >= 11 is 0. The van der Waals surface area contributed by atoms with Gasteiger partial charge in [-0.2, -0.15) is 0 Å². The Labute approximate surface area is 128 Å². The molecule has 0 unspecified atom stereocenters. The van der Waals surface area contributed by atoms with Gasteiger partial charge < -0.3 is 5.11 Å². The summed E-state index contributed by atoms with van der Waals surface area (Å²) < 4.78 is 0. The molecule has 4 rings (SSSR count). The van der Waals surface area contributed by atoms with Crippen molar-refractivity contribution in [3.05, 3.63) is 71.5 Å². The molecule has 1 atom stereocenters. The minimum absolute atomic E-state index is 0.0503. The summed E-state index contributed by atoms with van der Waals surface area (Å²) in [6.45, 7) is 2.10. The molecule has 0 radical (unpaired) electrons. The molecular weight excluding hydrogens is 272 g/mol. The Morgan fingerprint density at radius 2 is 1.82 bits per heavy atom. The van der Waals surface area contributed by atoms with Gasteiger partial charge in [0, 0.05) is 11.1 Å². The second kappa shape index (κ2) is 4.70. The van der Waals surface area contributed by atoms with E-state index < -0.39 is 0 Å². The molecule has 0 aromatic heterocycles. The van der Waals surface area contributed by atoms with Crippen LogP contribution in [0.1, 0.15) is 35.2 Å². The number of allylic oxidation sites excluding steroid dienone is 1. The molecule has 3 aromatic carbocycles. The third-order valence-corrected chi connectivity index (χ3v) is 4.66. The Morgan fingerprint density at radius 1 is 1.05 bits per heavy atom. The van der Waals surface area contributed by atoms with Crippen LogP contribution in [0.2, 0.25) is 0 Å². The van der Waals surface area contributed by atoms with E-state index in [0.29, 0.717) is 12.0 Å². The number of hydrogen-bond donors (Lipinski definition) is 1. The Hall–Kier alpha value is -2.61. The summed E-state index contributed by atoms with van der Waals surface area (Å²) in [5.74, 6) is 0.181. The third kappa shape index (κ3) is 1.77. The lowest BCUT2D eigenvalue weighted by atomic mass is 9.79. The molecule has 0 spiro atoms. The molecule has 2 nitrogen and oxygen atoms in total. The molecule has 0 saturated carbocycles. The highest BCUT2D eigenvalue weighted by atomic mass is 16.2. The van der Waals surface area contributed by atoms with E-state index in [1.54, 1.807) is 0 Å². The summed E-state index contributed by atoms with van der Waals surface area (Å²) in [5.41, 5.74) is 2.31. The topological polar surface area (TPSA) is 37.3 Å². The van der Waals surface area contributed by atoms with E-state index >= 15 is 0 Å². The van der Waals surface area contributed by atoms with Gasteiger partial charge in [0.15, 0.2) is 5.78 Å². The van der Waals surface area contributed by atoms with Crippen LogP contribution in [-0.2, 0) is 0 Å². The molecule has 0 bridgehead atoms. The average molecular weight is 288 g/mol. The van der Waals surface area contributed by atoms with Gasteiger partial charge in [0.2, 0.25) is 0 Å². The highest BCUT2D eigenvalue weighted by Crippen LogP contribution is 2.38. The molecule has 108 valence electrons. The van der Waals surface area contributed by atoms with Crippen LogP contribution in [0.15, 0.2) is 60.4 Å². The minimum Gasteiger partial charge on any atom is -0.515 e. The highest BCUT2D eigenvalue weighted by Gasteiger charge is 2.27. The minimum atomic E-state index is -0.0503. The van der Waals surface area contributed by atoms with Crippen LogP contribution < -0.4 is 0 Å². The Kier molecular flexibility index (Phi) is 2.80. The van der Waals surface area contributed by atoms with Crippen LogP contribution in [0.3, 0.4) is 0 Å². The highest BCUT2D eigenvalue weighted by molar-refractivity contribution is 6.15. The second-order valence-corrected chi connectivity index (χ2v) is 6.04. The lowest BCUT2D eigenvalue weighted by molar-refractivity contribution is 0.102. The molecule has 2 heteroatoms. The predicted molar refractivity (Wildman–Crippen MR) is 89.5 cm³/mol. The van der Waals surface area contributed by atoms with Crippen molar-refractivity contribution in [3.63, 3.8) is 0 Å². The summed E-state index contributed by atoms with van der Waals surface area (Å²) in [4.78, 5) is 12.5. The summed E-state index contributed by atoms with van der Waals surface area (Å²) in [6.07, 6.45) is 1.56. The number of carbonyl (C=O) groups is 1. The number of benzene rings is 3. The molecule has 1 N–H and O–H groups in total. The molecular formula is C20H16O2. The fourth-order valence-corrected chi connectivity index (χ4v) is 3.49. The second-order valence-electron chi connectivity index (χ2n) is 6.04. The van der Waals surface area contributed by atoms with Crippen LogP contribution in [-0.4, -0.2) is 10.9 Å². The van der Waals surface area contributed by atoms with Crippen molar-refractivity contribution in [3.8, 4) is 0 Å². The third-order valence-electron chi connectivity index (χ3n) is 4.66. The lowest BCUT2D eigenvalue weighted by Gasteiger charge is -2.24. The first kappa shape index (κ1) is 13.1. The van der Waals surface area contributed by atoms with Gasteiger partial charge >= 0.3 is 0 Å². The lowest BCUT2D eigenvalue weighted by Crippen LogP contribution is -2.17. The number of Topliss-reactive ketones (excluding diaryl/α,β-unsaturated/α-hetero) is 1. The molecule has 22 heavy (non-hydrogen) atoms. The Balaban J connectivity index is 2.08. The predicted octanol–water partition coefficient (Wildman–Crippen LogP) is 5.12. The van der Waals surface area contributed by atoms with Crippen molar-refractivity contribution in [1.29, 1.82) is 0 Å². The SMILES string of the molecule is C[C@@H]1C/C(=C\O)C(=O)c2cc3ccc4ccccc4c3cc21. The number of aliphatic hydroxyl groups is 1. The maximum absolute atomic E-state index is 12.5. The standard InChI is InChI=1S/C20H16O2/c1-12-8-15(11-21)20(22)19-9-14-7-6-13-4-2-3-5-16(13)18(14)10-17(12)19/h2-7,9-12,21H,8H2,1H3/b15-11+/t12-/m1/s1. The number of aliphatic hydroxyl groups excluding tert-OH is 1. The summed E-state index contributed by atoms with van der Waals surface area (Å²) in [6, 6.07) is 16.6.